The van der Waals surface area contributed by atoms with Gasteiger partial charge in [0.1, 0.15) is 17.4 Å². The summed E-state index contributed by atoms with van der Waals surface area (Å²) in [7, 11) is 0. The lowest BCUT2D eigenvalue weighted by atomic mass is 10.1. The molecule has 3 nitrogen and oxygen atoms in total. The van der Waals surface area contributed by atoms with Gasteiger partial charge in [-0.05, 0) is 44.9 Å². The quantitative estimate of drug-likeness (QED) is 0.869. The van der Waals surface area contributed by atoms with Gasteiger partial charge in [-0.25, -0.2) is 4.98 Å². The van der Waals surface area contributed by atoms with Gasteiger partial charge in [-0.15, -0.1) is 11.3 Å². The van der Waals surface area contributed by atoms with Crippen LogP contribution in [-0.2, 0) is 19.6 Å². The van der Waals surface area contributed by atoms with E-state index in [1.54, 1.807) is 11.3 Å². The van der Waals surface area contributed by atoms with Crippen molar-refractivity contribution in [3.05, 3.63) is 45.9 Å². The molecular formula is C17H24N2OS. The van der Waals surface area contributed by atoms with Gasteiger partial charge in [0.05, 0.1) is 5.69 Å². The van der Waals surface area contributed by atoms with Gasteiger partial charge in [-0.2, -0.15) is 0 Å². The van der Waals surface area contributed by atoms with E-state index < -0.39 is 0 Å². The Bertz CT molecular complexity index is 572. The van der Waals surface area contributed by atoms with Crippen LogP contribution in [0.4, 0.5) is 0 Å². The molecule has 1 N–H and O–H groups in total. The average molecular weight is 304 g/mol. The molecule has 0 unspecified atom stereocenters. The van der Waals surface area contributed by atoms with E-state index in [9.17, 15) is 0 Å². The van der Waals surface area contributed by atoms with Crippen LogP contribution in [0.3, 0.4) is 0 Å². The van der Waals surface area contributed by atoms with Crippen LogP contribution >= 0.6 is 11.3 Å². The molecule has 0 aliphatic heterocycles. The zero-order chi connectivity index (χ0) is 15.3. The highest BCUT2D eigenvalue weighted by Gasteiger charge is 2.10. The molecule has 0 amide bonds. The molecule has 0 aliphatic rings. The second kappa shape index (κ2) is 7.05. The molecule has 114 valence electrons. The molecule has 1 aromatic heterocycles. The Morgan fingerprint density at radius 2 is 2.10 bits per heavy atom. The Labute approximate surface area is 131 Å². The molecule has 2 aromatic rings. The lowest BCUT2D eigenvalue weighted by Gasteiger charge is -2.19. The van der Waals surface area contributed by atoms with Gasteiger partial charge in [0.25, 0.3) is 0 Å². The van der Waals surface area contributed by atoms with Crippen molar-refractivity contribution in [3.8, 4) is 5.75 Å². The average Bonchev–Trinajstić information content (AvgIpc) is 2.90. The highest BCUT2D eigenvalue weighted by atomic mass is 32.1. The first-order chi connectivity index (χ1) is 9.96. The van der Waals surface area contributed by atoms with Crippen molar-refractivity contribution in [2.24, 2.45) is 0 Å². The maximum Gasteiger partial charge on any atom is 0.131 e. The van der Waals surface area contributed by atoms with E-state index in [1.807, 2.05) is 12.1 Å². The van der Waals surface area contributed by atoms with Gasteiger partial charge in [0.2, 0.25) is 0 Å². The van der Waals surface area contributed by atoms with E-state index in [4.69, 9.17) is 4.74 Å². The largest absolute Gasteiger partial charge is 0.487 e. The summed E-state index contributed by atoms with van der Waals surface area (Å²) in [5.74, 6) is 0.914. The van der Waals surface area contributed by atoms with Crippen molar-refractivity contribution >= 4 is 11.3 Å². The van der Waals surface area contributed by atoms with Crippen LogP contribution in [-0.4, -0.2) is 10.5 Å². The van der Waals surface area contributed by atoms with Crippen LogP contribution in [0.1, 0.15) is 44.0 Å². The number of aryl methyl sites for hydroxylation is 1. The van der Waals surface area contributed by atoms with E-state index in [2.05, 4.69) is 55.5 Å². The number of benzene rings is 1. The lowest BCUT2D eigenvalue weighted by Crippen LogP contribution is -2.35. The minimum atomic E-state index is 0.114. The molecule has 0 radical (unpaired) electrons. The van der Waals surface area contributed by atoms with Gasteiger partial charge < -0.3 is 10.1 Å². The number of aromatic nitrogens is 1. The molecule has 0 bridgehead atoms. The van der Waals surface area contributed by atoms with E-state index in [0.717, 1.165) is 29.4 Å². The van der Waals surface area contributed by atoms with Gasteiger partial charge in [-0.3, -0.25) is 0 Å². The first-order valence-electron chi connectivity index (χ1n) is 7.36. The summed E-state index contributed by atoms with van der Waals surface area (Å²) in [6.07, 6.45) is 1.02. The Morgan fingerprint density at radius 3 is 2.81 bits per heavy atom. The summed E-state index contributed by atoms with van der Waals surface area (Å²) in [6.45, 7) is 9.95. The van der Waals surface area contributed by atoms with Crippen LogP contribution in [0.2, 0.25) is 0 Å². The van der Waals surface area contributed by atoms with Crippen LogP contribution in [0, 0.1) is 0 Å². The minimum Gasteiger partial charge on any atom is -0.487 e. The Balaban J connectivity index is 1.87. The number of ether oxygens (including phenoxy) is 1. The SMILES string of the molecule is CCc1cccc(OCc2csc(CNC(C)(C)C)n2)c1. The third-order valence-corrected chi connectivity index (χ3v) is 3.96. The summed E-state index contributed by atoms with van der Waals surface area (Å²) in [5, 5.41) is 6.62. The number of thiazole rings is 1. The van der Waals surface area contributed by atoms with Gasteiger partial charge in [0.15, 0.2) is 0 Å². The van der Waals surface area contributed by atoms with Crippen LogP contribution < -0.4 is 10.1 Å². The third kappa shape index (κ3) is 5.48. The summed E-state index contributed by atoms with van der Waals surface area (Å²) in [4.78, 5) is 4.60. The van der Waals surface area contributed by atoms with Crippen molar-refractivity contribution < 1.29 is 4.74 Å². The first-order valence-corrected chi connectivity index (χ1v) is 8.24. The van der Waals surface area contributed by atoms with Crippen molar-refractivity contribution in [2.45, 2.75) is 52.8 Å². The number of hydrogen-bond acceptors (Lipinski definition) is 4. The number of nitrogens with one attached hydrogen (secondary N) is 1. The predicted octanol–water partition coefficient (Wildman–Crippen LogP) is 4.17. The van der Waals surface area contributed by atoms with Gasteiger partial charge >= 0.3 is 0 Å². The van der Waals surface area contributed by atoms with Gasteiger partial charge in [-0.1, -0.05) is 19.1 Å². The molecule has 0 atom stereocenters. The predicted molar refractivity (Wildman–Crippen MR) is 88.9 cm³/mol. The summed E-state index contributed by atoms with van der Waals surface area (Å²) < 4.78 is 5.82. The van der Waals surface area contributed by atoms with Crippen LogP contribution in [0.15, 0.2) is 29.6 Å². The molecule has 4 heteroatoms. The molecule has 1 heterocycles. The second-order valence-corrected chi connectivity index (χ2v) is 7.07. The van der Waals surface area contributed by atoms with Crippen molar-refractivity contribution in [1.29, 1.82) is 0 Å². The maximum absolute atomic E-state index is 5.82. The molecule has 0 spiro atoms. The maximum atomic E-state index is 5.82. The standard InChI is InChI=1S/C17H24N2OS/c1-5-13-7-6-8-15(9-13)20-11-14-12-21-16(19-14)10-18-17(2,3)4/h6-9,12,18H,5,10-11H2,1-4H3. The summed E-state index contributed by atoms with van der Waals surface area (Å²) in [5.41, 5.74) is 2.40. The number of rotatable bonds is 6. The molecule has 2 rings (SSSR count). The molecule has 0 aliphatic carbocycles. The van der Waals surface area contributed by atoms with E-state index in [-0.39, 0.29) is 5.54 Å². The zero-order valence-corrected chi connectivity index (χ0v) is 14.1. The fourth-order valence-corrected chi connectivity index (χ4v) is 2.57. The monoisotopic (exact) mass is 304 g/mol. The lowest BCUT2D eigenvalue weighted by molar-refractivity contribution is 0.301. The minimum absolute atomic E-state index is 0.114. The Morgan fingerprint density at radius 1 is 1.29 bits per heavy atom. The highest BCUT2D eigenvalue weighted by Crippen LogP contribution is 2.17. The molecule has 0 saturated carbocycles. The van der Waals surface area contributed by atoms with Gasteiger partial charge in [0, 0.05) is 17.5 Å². The zero-order valence-electron chi connectivity index (χ0n) is 13.3. The summed E-state index contributed by atoms with van der Waals surface area (Å²) in [6, 6.07) is 8.24. The molecule has 0 saturated heterocycles. The fraction of sp³-hybridized carbons (Fsp3) is 0.471. The van der Waals surface area contributed by atoms with Crippen molar-refractivity contribution in [2.75, 3.05) is 0 Å². The van der Waals surface area contributed by atoms with E-state index in [0.29, 0.717) is 6.61 Å². The highest BCUT2D eigenvalue weighted by molar-refractivity contribution is 7.09. The number of nitrogens with zero attached hydrogens (tertiary/aromatic N) is 1. The van der Waals surface area contributed by atoms with Crippen molar-refractivity contribution in [3.63, 3.8) is 0 Å². The van der Waals surface area contributed by atoms with Crippen LogP contribution in [0.25, 0.3) is 0 Å². The summed E-state index contributed by atoms with van der Waals surface area (Å²) >= 11 is 1.68. The Hall–Kier alpha value is -1.39. The Kier molecular flexibility index (Phi) is 5.37. The van der Waals surface area contributed by atoms with Crippen molar-refractivity contribution in [1.82, 2.24) is 10.3 Å². The third-order valence-electron chi connectivity index (χ3n) is 3.06. The molecular weight excluding hydrogens is 280 g/mol. The molecule has 1 aromatic carbocycles. The molecule has 0 fully saturated rings. The normalized spacial score (nSPS) is 11.6. The van der Waals surface area contributed by atoms with E-state index in [1.165, 1.54) is 5.56 Å². The smallest absolute Gasteiger partial charge is 0.131 e. The second-order valence-electron chi connectivity index (χ2n) is 6.13. The first kappa shape index (κ1) is 16.0. The van der Waals surface area contributed by atoms with Crippen LogP contribution in [0.5, 0.6) is 5.75 Å². The topological polar surface area (TPSA) is 34.1 Å². The van der Waals surface area contributed by atoms with E-state index >= 15 is 0 Å². The fourth-order valence-electron chi connectivity index (χ4n) is 1.85. The number of hydrogen-bond donors (Lipinski definition) is 1. The molecule has 21 heavy (non-hydrogen) atoms.